The van der Waals surface area contributed by atoms with Crippen LogP contribution in [0.25, 0.3) is 0 Å². The number of methoxy groups -OCH3 is 1. The number of hydrogen-bond donors (Lipinski definition) is 1. The summed E-state index contributed by atoms with van der Waals surface area (Å²) >= 11 is 5.97. The van der Waals surface area contributed by atoms with Crippen molar-refractivity contribution in [1.29, 1.82) is 0 Å². The minimum absolute atomic E-state index is 0.0887. The Balaban J connectivity index is 1.68. The fourth-order valence-electron chi connectivity index (χ4n) is 3.09. The minimum atomic E-state index is -3.34. The molecular formula is C20H21ClN2O5S. The zero-order chi connectivity index (χ0) is 21.0. The van der Waals surface area contributed by atoms with Crippen LogP contribution >= 0.6 is 11.6 Å². The van der Waals surface area contributed by atoms with Gasteiger partial charge in [-0.3, -0.25) is 4.79 Å². The van der Waals surface area contributed by atoms with Crippen molar-refractivity contribution in [3.05, 3.63) is 64.2 Å². The van der Waals surface area contributed by atoms with Gasteiger partial charge in [-0.25, -0.2) is 17.5 Å². The normalized spacial score (nSPS) is 14.6. The second-order valence-corrected chi connectivity index (χ2v) is 9.08. The SMILES string of the molecule is COC(=O)c1cc(NC(=O)c2ccc(CS(=O)(=O)N3CCCC3)cc2)ccc1Cl. The van der Waals surface area contributed by atoms with Crippen molar-refractivity contribution in [2.45, 2.75) is 18.6 Å². The molecule has 1 saturated heterocycles. The highest BCUT2D eigenvalue weighted by Crippen LogP contribution is 2.22. The maximum Gasteiger partial charge on any atom is 0.339 e. The third-order valence-electron chi connectivity index (χ3n) is 4.65. The van der Waals surface area contributed by atoms with E-state index in [0.29, 0.717) is 29.9 Å². The lowest BCUT2D eigenvalue weighted by Crippen LogP contribution is -2.29. The Morgan fingerprint density at radius 2 is 1.76 bits per heavy atom. The van der Waals surface area contributed by atoms with Crippen LogP contribution in [0.15, 0.2) is 42.5 Å². The Kier molecular flexibility index (Phi) is 6.56. The number of anilines is 1. The van der Waals surface area contributed by atoms with Crippen LogP contribution in [0, 0.1) is 0 Å². The van der Waals surface area contributed by atoms with Gasteiger partial charge in [0.1, 0.15) is 0 Å². The summed E-state index contributed by atoms with van der Waals surface area (Å²) in [4.78, 5) is 24.2. The number of ether oxygens (including phenoxy) is 1. The van der Waals surface area contributed by atoms with Crippen LogP contribution in [0.4, 0.5) is 5.69 Å². The van der Waals surface area contributed by atoms with E-state index in [0.717, 1.165) is 12.8 Å². The Labute approximate surface area is 174 Å². The quantitative estimate of drug-likeness (QED) is 0.701. The van der Waals surface area contributed by atoms with Gasteiger partial charge in [0.15, 0.2) is 0 Å². The van der Waals surface area contributed by atoms with Gasteiger partial charge in [0.2, 0.25) is 10.0 Å². The highest BCUT2D eigenvalue weighted by molar-refractivity contribution is 7.88. The molecule has 3 rings (SSSR count). The van der Waals surface area contributed by atoms with E-state index in [1.54, 1.807) is 30.3 Å². The lowest BCUT2D eigenvalue weighted by atomic mass is 10.1. The maximum absolute atomic E-state index is 12.5. The van der Waals surface area contributed by atoms with Crippen molar-refractivity contribution >= 4 is 39.2 Å². The highest BCUT2D eigenvalue weighted by atomic mass is 35.5. The van der Waals surface area contributed by atoms with Gasteiger partial charge in [-0.15, -0.1) is 0 Å². The lowest BCUT2D eigenvalue weighted by Gasteiger charge is -2.15. The minimum Gasteiger partial charge on any atom is -0.465 e. The van der Waals surface area contributed by atoms with E-state index in [-0.39, 0.29) is 16.3 Å². The first kappa shape index (κ1) is 21.3. The zero-order valence-electron chi connectivity index (χ0n) is 15.9. The smallest absolute Gasteiger partial charge is 0.339 e. The van der Waals surface area contributed by atoms with Crippen LogP contribution in [-0.4, -0.2) is 44.8 Å². The molecule has 0 radical (unpaired) electrons. The Bertz CT molecular complexity index is 1020. The zero-order valence-corrected chi connectivity index (χ0v) is 17.4. The summed E-state index contributed by atoms with van der Waals surface area (Å²) in [6.45, 7) is 1.13. The number of sulfonamides is 1. The van der Waals surface area contributed by atoms with E-state index >= 15 is 0 Å². The monoisotopic (exact) mass is 436 g/mol. The molecule has 29 heavy (non-hydrogen) atoms. The van der Waals surface area contributed by atoms with Gasteiger partial charge in [0, 0.05) is 24.3 Å². The van der Waals surface area contributed by atoms with Gasteiger partial charge >= 0.3 is 5.97 Å². The summed E-state index contributed by atoms with van der Waals surface area (Å²) in [6, 6.07) is 10.9. The standard InChI is InChI=1S/C20H21ClN2O5S/c1-28-20(25)17-12-16(8-9-18(17)21)22-19(24)15-6-4-14(5-7-15)13-29(26,27)23-10-2-3-11-23/h4-9,12H,2-3,10-11,13H2,1H3,(H,22,24). The second kappa shape index (κ2) is 8.94. The number of esters is 1. The first-order chi connectivity index (χ1) is 13.8. The Morgan fingerprint density at radius 1 is 1.10 bits per heavy atom. The summed E-state index contributed by atoms with van der Waals surface area (Å²) < 4.78 is 31.0. The van der Waals surface area contributed by atoms with Gasteiger partial charge in [0.25, 0.3) is 5.91 Å². The van der Waals surface area contributed by atoms with Crippen LogP contribution in [0.5, 0.6) is 0 Å². The topological polar surface area (TPSA) is 92.8 Å². The van der Waals surface area contributed by atoms with Crippen molar-refractivity contribution in [3.63, 3.8) is 0 Å². The van der Waals surface area contributed by atoms with E-state index in [1.165, 1.54) is 23.5 Å². The molecule has 0 atom stereocenters. The van der Waals surface area contributed by atoms with Crippen molar-refractivity contribution in [2.24, 2.45) is 0 Å². The van der Waals surface area contributed by atoms with Crippen LogP contribution < -0.4 is 5.32 Å². The van der Waals surface area contributed by atoms with Crippen molar-refractivity contribution in [2.75, 3.05) is 25.5 Å². The van der Waals surface area contributed by atoms with E-state index in [2.05, 4.69) is 10.1 Å². The number of halogens is 1. The fraction of sp³-hybridized carbons (Fsp3) is 0.300. The number of amides is 1. The Hall–Kier alpha value is -2.42. The molecule has 1 heterocycles. The molecule has 1 fully saturated rings. The van der Waals surface area contributed by atoms with Gasteiger partial charge in [-0.1, -0.05) is 23.7 Å². The molecule has 1 amide bonds. The van der Waals surface area contributed by atoms with Crippen LogP contribution in [0.2, 0.25) is 5.02 Å². The molecule has 1 aliphatic rings. The van der Waals surface area contributed by atoms with Gasteiger partial charge in [0.05, 0.1) is 23.4 Å². The number of nitrogens with zero attached hydrogens (tertiary/aromatic N) is 1. The predicted molar refractivity (Wildman–Crippen MR) is 111 cm³/mol. The summed E-state index contributed by atoms with van der Waals surface area (Å²) in [7, 11) is -2.09. The first-order valence-electron chi connectivity index (χ1n) is 9.06. The maximum atomic E-state index is 12.5. The summed E-state index contributed by atoms with van der Waals surface area (Å²) in [6.07, 6.45) is 1.78. The number of hydrogen-bond acceptors (Lipinski definition) is 5. The van der Waals surface area contributed by atoms with Gasteiger partial charge < -0.3 is 10.1 Å². The van der Waals surface area contributed by atoms with Crippen molar-refractivity contribution in [3.8, 4) is 0 Å². The molecule has 0 spiro atoms. The third-order valence-corrected chi connectivity index (χ3v) is 6.83. The van der Waals surface area contributed by atoms with Crippen LogP contribution in [0.3, 0.4) is 0 Å². The van der Waals surface area contributed by atoms with Crippen LogP contribution in [-0.2, 0) is 20.5 Å². The number of carbonyl (C=O) groups is 2. The Morgan fingerprint density at radius 3 is 2.38 bits per heavy atom. The van der Waals surface area contributed by atoms with Crippen molar-refractivity contribution < 1.29 is 22.7 Å². The number of carbonyl (C=O) groups excluding carboxylic acids is 2. The van der Waals surface area contributed by atoms with Gasteiger partial charge in [-0.2, -0.15) is 0 Å². The number of rotatable bonds is 6. The number of nitrogens with one attached hydrogen (secondary N) is 1. The molecule has 0 bridgehead atoms. The number of benzene rings is 2. The molecular weight excluding hydrogens is 416 g/mol. The summed E-state index contributed by atoms with van der Waals surface area (Å²) in [5.74, 6) is -1.08. The van der Waals surface area contributed by atoms with E-state index in [1.807, 2.05) is 0 Å². The average Bonchev–Trinajstić information content (AvgIpc) is 3.25. The molecule has 2 aromatic rings. The molecule has 1 aliphatic heterocycles. The summed E-state index contributed by atoms with van der Waals surface area (Å²) in [5.41, 5.74) is 1.52. The van der Waals surface area contributed by atoms with E-state index < -0.39 is 21.9 Å². The van der Waals surface area contributed by atoms with E-state index in [9.17, 15) is 18.0 Å². The predicted octanol–water partition coefficient (Wildman–Crippen LogP) is 3.30. The largest absolute Gasteiger partial charge is 0.465 e. The van der Waals surface area contributed by atoms with E-state index in [4.69, 9.17) is 11.6 Å². The molecule has 154 valence electrons. The lowest BCUT2D eigenvalue weighted by molar-refractivity contribution is 0.0600. The molecule has 0 unspecified atom stereocenters. The first-order valence-corrected chi connectivity index (χ1v) is 11.0. The fourth-order valence-corrected chi connectivity index (χ4v) is 4.90. The molecule has 0 aliphatic carbocycles. The molecule has 0 saturated carbocycles. The van der Waals surface area contributed by atoms with Crippen LogP contribution in [0.1, 0.15) is 39.1 Å². The molecule has 0 aromatic heterocycles. The molecule has 2 aromatic carbocycles. The summed E-state index contributed by atoms with van der Waals surface area (Å²) in [5, 5.41) is 2.91. The highest BCUT2D eigenvalue weighted by Gasteiger charge is 2.25. The third kappa shape index (κ3) is 5.14. The molecule has 1 N–H and O–H groups in total. The average molecular weight is 437 g/mol. The molecule has 9 heteroatoms. The van der Waals surface area contributed by atoms with Gasteiger partial charge in [-0.05, 0) is 48.7 Å². The van der Waals surface area contributed by atoms with Crippen molar-refractivity contribution in [1.82, 2.24) is 4.31 Å². The second-order valence-electron chi connectivity index (χ2n) is 6.70. The molecule has 7 nitrogen and oxygen atoms in total.